The summed E-state index contributed by atoms with van der Waals surface area (Å²) in [6, 6.07) is 4.33. The molecule has 0 radical (unpaired) electrons. The second-order valence-corrected chi connectivity index (χ2v) is 5.24. The zero-order valence-electron chi connectivity index (χ0n) is 11.0. The van der Waals surface area contributed by atoms with E-state index in [-0.39, 0.29) is 5.84 Å². The summed E-state index contributed by atoms with van der Waals surface area (Å²) >= 11 is 0. The molecule has 2 unspecified atom stereocenters. The van der Waals surface area contributed by atoms with Crippen LogP contribution in [0.1, 0.15) is 31.4 Å². The number of hydrogen-bond acceptors (Lipinski definition) is 4. The first-order valence-electron chi connectivity index (χ1n) is 6.95. The molecule has 5 heteroatoms. The number of pyridine rings is 1. The van der Waals surface area contributed by atoms with Crippen molar-refractivity contribution in [3.05, 3.63) is 24.0 Å². The van der Waals surface area contributed by atoms with Gasteiger partial charge in [-0.1, -0.05) is 12.8 Å². The minimum Gasteiger partial charge on any atom is -0.382 e. The minimum atomic E-state index is 0.0365. The van der Waals surface area contributed by atoms with Crippen molar-refractivity contribution >= 4 is 11.5 Å². The Kier molecular flexibility index (Phi) is 3.38. The molecule has 1 aliphatic heterocycles. The van der Waals surface area contributed by atoms with Crippen LogP contribution in [-0.2, 0) is 4.74 Å². The zero-order valence-corrected chi connectivity index (χ0v) is 11.0. The normalized spacial score (nSPS) is 26.8. The smallest absolute Gasteiger partial charge is 0.143 e. The molecule has 0 amide bonds. The summed E-state index contributed by atoms with van der Waals surface area (Å²) in [7, 11) is 0. The maximum atomic E-state index is 7.68. The van der Waals surface area contributed by atoms with Gasteiger partial charge >= 0.3 is 0 Å². The number of nitrogens with two attached hydrogens (primary N) is 1. The Labute approximate surface area is 113 Å². The molecule has 102 valence electrons. The minimum absolute atomic E-state index is 0.0365. The number of morpholine rings is 1. The molecule has 1 saturated carbocycles. The molecule has 1 aromatic rings. The van der Waals surface area contributed by atoms with E-state index in [4.69, 9.17) is 15.9 Å². The lowest BCUT2D eigenvalue weighted by atomic mass is 9.89. The number of amidine groups is 1. The summed E-state index contributed by atoms with van der Waals surface area (Å²) in [6.45, 7) is 1.60. The summed E-state index contributed by atoms with van der Waals surface area (Å²) in [5.74, 6) is 0.0365. The average molecular weight is 260 g/mol. The lowest BCUT2D eigenvalue weighted by Gasteiger charge is -2.45. The second kappa shape index (κ2) is 5.17. The molecule has 2 atom stereocenters. The first-order valence-corrected chi connectivity index (χ1v) is 6.95. The molecule has 3 rings (SSSR count). The third-order valence-corrected chi connectivity index (χ3v) is 4.08. The fourth-order valence-electron chi connectivity index (χ4n) is 3.23. The van der Waals surface area contributed by atoms with Crippen molar-refractivity contribution in [3.8, 4) is 0 Å². The maximum Gasteiger partial charge on any atom is 0.143 e. The van der Waals surface area contributed by atoms with Gasteiger partial charge in [-0.05, 0) is 25.0 Å². The molecular weight excluding hydrogens is 240 g/mol. The van der Waals surface area contributed by atoms with Gasteiger partial charge in [-0.2, -0.15) is 0 Å². The van der Waals surface area contributed by atoms with Crippen LogP contribution in [-0.4, -0.2) is 36.1 Å². The Balaban J connectivity index is 1.94. The Morgan fingerprint density at radius 3 is 3.11 bits per heavy atom. The number of hydrogen-bond donors (Lipinski definition) is 2. The van der Waals surface area contributed by atoms with Gasteiger partial charge in [0.25, 0.3) is 0 Å². The van der Waals surface area contributed by atoms with E-state index in [0.717, 1.165) is 31.7 Å². The van der Waals surface area contributed by atoms with Crippen molar-refractivity contribution in [3.63, 3.8) is 0 Å². The van der Waals surface area contributed by atoms with Crippen LogP contribution in [0.4, 0.5) is 5.69 Å². The Morgan fingerprint density at radius 2 is 2.26 bits per heavy atom. The van der Waals surface area contributed by atoms with Gasteiger partial charge in [-0.25, -0.2) is 0 Å². The largest absolute Gasteiger partial charge is 0.382 e. The number of anilines is 1. The highest BCUT2D eigenvalue weighted by atomic mass is 16.5. The SMILES string of the molecule is N=C(N)c1ncccc1N1CCOC2CCCCC21. The topological polar surface area (TPSA) is 75.2 Å². The van der Waals surface area contributed by atoms with E-state index in [1.54, 1.807) is 6.20 Å². The monoisotopic (exact) mass is 260 g/mol. The summed E-state index contributed by atoms with van der Waals surface area (Å²) in [5, 5.41) is 7.68. The molecule has 0 aromatic carbocycles. The lowest BCUT2D eigenvalue weighted by molar-refractivity contribution is -0.00871. The first kappa shape index (κ1) is 12.4. The van der Waals surface area contributed by atoms with E-state index >= 15 is 0 Å². The highest BCUT2D eigenvalue weighted by molar-refractivity contribution is 5.98. The quantitative estimate of drug-likeness (QED) is 0.624. The Bertz CT molecular complexity index is 474. The number of nitrogens with one attached hydrogen (secondary N) is 1. The third kappa shape index (κ3) is 2.30. The van der Waals surface area contributed by atoms with Gasteiger partial charge in [0.15, 0.2) is 0 Å². The molecule has 3 N–H and O–H groups in total. The fourth-order valence-corrected chi connectivity index (χ4v) is 3.23. The number of nitrogen functional groups attached to an aromatic ring is 1. The molecule has 2 fully saturated rings. The molecule has 1 saturated heterocycles. The summed E-state index contributed by atoms with van der Waals surface area (Å²) in [5.41, 5.74) is 7.23. The number of fused-ring (bicyclic) bond motifs is 1. The van der Waals surface area contributed by atoms with Gasteiger partial charge in [0.1, 0.15) is 11.5 Å². The van der Waals surface area contributed by atoms with Crippen molar-refractivity contribution in [1.29, 1.82) is 5.41 Å². The van der Waals surface area contributed by atoms with Crippen LogP contribution in [0.2, 0.25) is 0 Å². The number of nitrogens with zero attached hydrogens (tertiary/aromatic N) is 2. The van der Waals surface area contributed by atoms with E-state index in [9.17, 15) is 0 Å². The Hall–Kier alpha value is -1.62. The maximum absolute atomic E-state index is 7.68. The molecule has 19 heavy (non-hydrogen) atoms. The van der Waals surface area contributed by atoms with Crippen LogP contribution < -0.4 is 10.6 Å². The predicted molar refractivity (Wildman–Crippen MR) is 74.6 cm³/mol. The van der Waals surface area contributed by atoms with Crippen LogP contribution in [0, 0.1) is 5.41 Å². The van der Waals surface area contributed by atoms with Crippen molar-refractivity contribution in [2.24, 2.45) is 5.73 Å². The van der Waals surface area contributed by atoms with Gasteiger partial charge in [-0.15, -0.1) is 0 Å². The molecule has 5 nitrogen and oxygen atoms in total. The Morgan fingerprint density at radius 1 is 1.42 bits per heavy atom. The van der Waals surface area contributed by atoms with Crippen LogP contribution >= 0.6 is 0 Å². The van der Waals surface area contributed by atoms with Crippen molar-refractivity contribution in [2.75, 3.05) is 18.1 Å². The molecule has 1 aliphatic carbocycles. The molecule has 0 bridgehead atoms. The number of ether oxygens (including phenoxy) is 1. The van der Waals surface area contributed by atoms with Gasteiger partial charge < -0.3 is 15.4 Å². The number of aromatic nitrogens is 1. The lowest BCUT2D eigenvalue weighted by Crippen LogP contribution is -2.53. The van der Waals surface area contributed by atoms with Crippen LogP contribution in [0.5, 0.6) is 0 Å². The second-order valence-electron chi connectivity index (χ2n) is 5.24. The van der Waals surface area contributed by atoms with Crippen LogP contribution in [0.3, 0.4) is 0 Å². The molecule has 2 aliphatic rings. The summed E-state index contributed by atoms with van der Waals surface area (Å²) < 4.78 is 5.89. The van der Waals surface area contributed by atoms with Gasteiger partial charge in [0, 0.05) is 12.7 Å². The van der Waals surface area contributed by atoms with E-state index in [2.05, 4.69) is 9.88 Å². The highest BCUT2D eigenvalue weighted by Gasteiger charge is 2.35. The average Bonchev–Trinajstić information content (AvgIpc) is 2.46. The van der Waals surface area contributed by atoms with Gasteiger partial charge in [0.2, 0.25) is 0 Å². The van der Waals surface area contributed by atoms with Crippen molar-refractivity contribution in [2.45, 2.75) is 37.8 Å². The summed E-state index contributed by atoms with van der Waals surface area (Å²) in [6.07, 6.45) is 6.80. The third-order valence-electron chi connectivity index (χ3n) is 4.08. The standard InChI is InChI=1S/C14H20N4O/c15-14(16)13-11(5-3-7-17-13)18-8-9-19-12-6-2-1-4-10(12)18/h3,5,7,10,12H,1-2,4,6,8-9H2,(H3,15,16). The summed E-state index contributed by atoms with van der Waals surface area (Å²) in [4.78, 5) is 6.60. The predicted octanol–water partition coefficient (Wildman–Crippen LogP) is 1.51. The van der Waals surface area contributed by atoms with E-state index in [0.29, 0.717) is 17.8 Å². The molecule has 2 heterocycles. The van der Waals surface area contributed by atoms with E-state index in [1.165, 1.54) is 12.8 Å². The zero-order chi connectivity index (χ0) is 13.2. The van der Waals surface area contributed by atoms with E-state index in [1.807, 2.05) is 12.1 Å². The highest BCUT2D eigenvalue weighted by Crippen LogP contribution is 2.32. The van der Waals surface area contributed by atoms with Crippen molar-refractivity contribution in [1.82, 2.24) is 4.98 Å². The number of rotatable bonds is 2. The molecule has 1 aromatic heterocycles. The fraction of sp³-hybridized carbons (Fsp3) is 0.571. The van der Waals surface area contributed by atoms with Crippen LogP contribution in [0.25, 0.3) is 0 Å². The van der Waals surface area contributed by atoms with Gasteiger partial charge in [0.05, 0.1) is 24.4 Å². The first-order chi connectivity index (χ1) is 9.27. The van der Waals surface area contributed by atoms with E-state index < -0.39 is 0 Å². The van der Waals surface area contributed by atoms with Crippen molar-refractivity contribution < 1.29 is 4.74 Å². The van der Waals surface area contributed by atoms with Gasteiger partial charge in [-0.3, -0.25) is 10.4 Å². The van der Waals surface area contributed by atoms with Crippen LogP contribution in [0.15, 0.2) is 18.3 Å². The molecular formula is C14H20N4O. The molecule has 0 spiro atoms.